The monoisotopic (exact) mass is 234 g/mol. The molecule has 0 unspecified atom stereocenters. The van der Waals surface area contributed by atoms with Gasteiger partial charge in [0.05, 0.1) is 7.11 Å². The van der Waals surface area contributed by atoms with Crippen LogP contribution in [0, 0.1) is 5.92 Å². The molecule has 1 fully saturated rings. The Bertz CT molecular complexity index is 335. The van der Waals surface area contributed by atoms with Gasteiger partial charge in [-0.1, -0.05) is 18.2 Å². The Morgan fingerprint density at radius 1 is 1.29 bits per heavy atom. The fourth-order valence-corrected chi connectivity index (χ4v) is 2.35. The number of ether oxygens (including phenoxy) is 1. The molecule has 1 aromatic carbocycles. The second kappa shape index (κ2) is 6.62. The van der Waals surface area contributed by atoms with E-state index in [-0.39, 0.29) is 0 Å². The zero-order chi connectivity index (χ0) is 11.9. The van der Waals surface area contributed by atoms with Crippen LogP contribution in [0.4, 0.5) is 0 Å². The van der Waals surface area contributed by atoms with Crippen LogP contribution in [0.3, 0.4) is 0 Å². The summed E-state index contributed by atoms with van der Waals surface area (Å²) in [6.07, 6.45) is 2.58. The van der Waals surface area contributed by atoms with Gasteiger partial charge in [0.2, 0.25) is 0 Å². The van der Waals surface area contributed by atoms with E-state index in [2.05, 4.69) is 22.8 Å². The van der Waals surface area contributed by atoms with Crippen molar-refractivity contribution < 1.29 is 4.74 Å². The number of hydrogen-bond acceptors (Lipinski definition) is 3. The van der Waals surface area contributed by atoms with Gasteiger partial charge in [0, 0.05) is 12.1 Å². The molecule has 3 nitrogen and oxygen atoms in total. The molecule has 0 spiro atoms. The van der Waals surface area contributed by atoms with Crippen LogP contribution in [-0.2, 0) is 6.54 Å². The van der Waals surface area contributed by atoms with E-state index in [0.29, 0.717) is 0 Å². The highest BCUT2D eigenvalue weighted by Gasteiger charge is 2.12. The summed E-state index contributed by atoms with van der Waals surface area (Å²) in [6.45, 7) is 4.34. The highest BCUT2D eigenvalue weighted by molar-refractivity contribution is 5.32. The summed E-state index contributed by atoms with van der Waals surface area (Å²) in [6, 6.07) is 8.20. The fourth-order valence-electron chi connectivity index (χ4n) is 2.35. The number of hydrogen-bond donors (Lipinski definition) is 2. The van der Waals surface area contributed by atoms with Gasteiger partial charge in [-0.3, -0.25) is 0 Å². The maximum Gasteiger partial charge on any atom is 0.123 e. The van der Waals surface area contributed by atoms with Crippen molar-refractivity contribution in [2.45, 2.75) is 19.4 Å². The van der Waals surface area contributed by atoms with Crippen molar-refractivity contribution in [1.29, 1.82) is 0 Å². The minimum absolute atomic E-state index is 0.825. The smallest absolute Gasteiger partial charge is 0.123 e. The molecule has 17 heavy (non-hydrogen) atoms. The van der Waals surface area contributed by atoms with Gasteiger partial charge in [-0.25, -0.2) is 0 Å². The molecular formula is C14H22N2O. The predicted octanol–water partition coefficient (Wildman–Crippen LogP) is 1.78. The largest absolute Gasteiger partial charge is 0.496 e. The van der Waals surface area contributed by atoms with E-state index in [4.69, 9.17) is 4.74 Å². The Balaban J connectivity index is 1.77. The van der Waals surface area contributed by atoms with Gasteiger partial charge in [0.15, 0.2) is 0 Å². The lowest BCUT2D eigenvalue weighted by molar-refractivity contribution is 0.354. The molecule has 0 aromatic heterocycles. The number of rotatable bonds is 5. The van der Waals surface area contributed by atoms with Crippen molar-refractivity contribution in [3.63, 3.8) is 0 Å². The van der Waals surface area contributed by atoms with Crippen LogP contribution in [0.2, 0.25) is 0 Å². The first-order valence-corrected chi connectivity index (χ1v) is 6.43. The standard InChI is InChI=1S/C14H22N2O/c1-17-14-5-3-2-4-13(14)11-16-10-12-6-8-15-9-7-12/h2-5,12,15-16H,6-11H2,1H3. The van der Waals surface area contributed by atoms with E-state index < -0.39 is 0 Å². The summed E-state index contributed by atoms with van der Waals surface area (Å²) in [5.74, 6) is 1.80. The van der Waals surface area contributed by atoms with Crippen LogP contribution >= 0.6 is 0 Å². The lowest BCUT2D eigenvalue weighted by Gasteiger charge is -2.23. The molecule has 2 N–H and O–H groups in total. The summed E-state index contributed by atoms with van der Waals surface area (Å²) < 4.78 is 5.34. The number of methoxy groups -OCH3 is 1. The molecule has 0 aliphatic carbocycles. The molecule has 1 aromatic rings. The van der Waals surface area contributed by atoms with Gasteiger partial charge in [-0.2, -0.15) is 0 Å². The summed E-state index contributed by atoms with van der Waals surface area (Å²) >= 11 is 0. The Hall–Kier alpha value is -1.06. The Morgan fingerprint density at radius 3 is 2.82 bits per heavy atom. The average Bonchev–Trinajstić information content (AvgIpc) is 2.40. The van der Waals surface area contributed by atoms with Gasteiger partial charge >= 0.3 is 0 Å². The molecule has 3 heteroatoms. The Morgan fingerprint density at radius 2 is 2.06 bits per heavy atom. The van der Waals surface area contributed by atoms with Gasteiger partial charge in [0.25, 0.3) is 0 Å². The summed E-state index contributed by atoms with van der Waals surface area (Å²) in [5.41, 5.74) is 1.24. The van der Waals surface area contributed by atoms with Crippen LogP contribution in [0.5, 0.6) is 5.75 Å². The molecule has 1 aliphatic rings. The predicted molar refractivity (Wildman–Crippen MR) is 70.3 cm³/mol. The molecule has 0 amide bonds. The van der Waals surface area contributed by atoms with E-state index in [9.17, 15) is 0 Å². The maximum atomic E-state index is 5.34. The van der Waals surface area contributed by atoms with Crippen molar-refractivity contribution >= 4 is 0 Å². The van der Waals surface area contributed by atoms with E-state index in [0.717, 1.165) is 24.8 Å². The number of benzene rings is 1. The minimum atomic E-state index is 0.825. The van der Waals surface area contributed by atoms with Crippen LogP contribution in [0.25, 0.3) is 0 Å². The van der Waals surface area contributed by atoms with Crippen molar-refractivity contribution in [3.8, 4) is 5.75 Å². The first kappa shape index (κ1) is 12.4. The van der Waals surface area contributed by atoms with Gasteiger partial charge < -0.3 is 15.4 Å². The third kappa shape index (κ3) is 3.72. The molecule has 1 aliphatic heterocycles. The van der Waals surface area contributed by atoms with Crippen molar-refractivity contribution in [2.75, 3.05) is 26.7 Å². The molecule has 1 saturated heterocycles. The van der Waals surface area contributed by atoms with E-state index in [1.54, 1.807) is 7.11 Å². The minimum Gasteiger partial charge on any atom is -0.496 e. The van der Waals surface area contributed by atoms with Crippen LogP contribution < -0.4 is 15.4 Å². The van der Waals surface area contributed by atoms with Crippen molar-refractivity contribution in [2.24, 2.45) is 5.92 Å². The molecule has 2 rings (SSSR count). The van der Waals surface area contributed by atoms with Gasteiger partial charge in [-0.15, -0.1) is 0 Å². The number of para-hydroxylation sites is 1. The number of piperidine rings is 1. The Kier molecular flexibility index (Phi) is 4.83. The second-order valence-corrected chi connectivity index (χ2v) is 4.64. The normalized spacial score (nSPS) is 17.0. The highest BCUT2D eigenvalue weighted by atomic mass is 16.5. The molecule has 0 bridgehead atoms. The van der Waals surface area contributed by atoms with E-state index in [1.165, 1.54) is 31.5 Å². The lowest BCUT2D eigenvalue weighted by atomic mass is 9.98. The van der Waals surface area contributed by atoms with Crippen LogP contribution in [-0.4, -0.2) is 26.7 Å². The highest BCUT2D eigenvalue weighted by Crippen LogP contribution is 2.17. The van der Waals surface area contributed by atoms with E-state index >= 15 is 0 Å². The molecular weight excluding hydrogens is 212 g/mol. The second-order valence-electron chi connectivity index (χ2n) is 4.64. The first-order valence-electron chi connectivity index (χ1n) is 6.43. The molecule has 1 heterocycles. The summed E-state index contributed by atoms with van der Waals surface area (Å²) in [7, 11) is 1.73. The molecule has 94 valence electrons. The van der Waals surface area contributed by atoms with Gasteiger partial charge in [-0.05, 0) is 44.5 Å². The van der Waals surface area contributed by atoms with Crippen LogP contribution in [0.15, 0.2) is 24.3 Å². The average molecular weight is 234 g/mol. The van der Waals surface area contributed by atoms with Crippen molar-refractivity contribution in [3.05, 3.63) is 29.8 Å². The quantitative estimate of drug-likeness (QED) is 0.815. The third-order valence-corrected chi connectivity index (χ3v) is 3.40. The Labute approximate surface area is 104 Å². The molecule has 0 saturated carbocycles. The lowest BCUT2D eigenvalue weighted by Crippen LogP contribution is -2.33. The number of nitrogens with one attached hydrogen (secondary N) is 2. The third-order valence-electron chi connectivity index (χ3n) is 3.40. The van der Waals surface area contributed by atoms with E-state index in [1.807, 2.05) is 12.1 Å². The van der Waals surface area contributed by atoms with Gasteiger partial charge in [0.1, 0.15) is 5.75 Å². The maximum absolute atomic E-state index is 5.34. The van der Waals surface area contributed by atoms with Crippen molar-refractivity contribution in [1.82, 2.24) is 10.6 Å². The summed E-state index contributed by atoms with van der Waals surface area (Å²) in [4.78, 5) is 0. The zero-order valence-electron chi connectivity index (χ0n) is 10.5. The summed E-state index contributed by atoms with van der Waals surface area (Å²) in [5, 5.41) is 6.93. The topological polar surface area (TPSA) is 33.3 Å². The molecule has 0 radical (unpaired) electrons. The molecule has 0 atom stereocenters. The first-order chi connectivity index (χ1) is 8.40. The fraction of sp³-hybridized carbons (Fsp3) is 0.571. The SMILES string of the molecule is COc1ccccc1CNCC1CCNCC1. The van der Waals surface area contributed by atoms with Crippen LogP contribution in [0.1, 0.15) is 18.4 Å². The zero-order valence-corrected chi connectivity index (χ0v) is 10.5.